The molecule has 21 heavy (non-hydrogen) atoms. The topological polar surface area (TPSA) is 67.5 Å². The number of nitrogens with zero attached hydrogens (tertiary/aromatic N) is 3. The number of hydrogen-bond acceptors (Lipinski definition) is 3. The maximum absolute atomic E-state index is 13.6. The minimum absolute atomic E-state index is 0.0965. The van der Waals surface area contributed by atoms with E-state index in [-0.39, 0.29) is 15.7 Å². The average Bonchev–Trinajstić information content (AvgIpc) is 2.87. The first-order valence-electron chi connectivity index (χ1n) is 5.70. The number of fused-ring (bicyclic) bond motifs is 1. The third-order valence-electron chi connectivity index (χ3n) is 2.86. The van der Waals surface area contributed by atoms with Crippen LogP contribution in [-0.4, -0.2) is 25.7 Å². The van der Waals surface area contributed by atoms with E-state index in [1.54, 1.807) is 6.07 Å². The van der Waals surface area contributed by atoms with Crippen LogP contribution in [0.2, 0.25) is 10.0 Å². The van der Waals surface area contributed by atoms with Crippen LogP contribution in [0.4, 0.5) is 4.39 Å². The van der Waals surface area contributed by atoms with Crippen molar-refractivity contribution < 1.29 is 14.3 Å². The van der Waals surface area contributed by atoms with Crippen molar-refractivity contribution in [1.82, 2.24) is 14.6 Å². The molecular weight excluding hydrogens is 320 g/mol. The first kappa shape index (κ1) is 13.8. The number of aromatic carboxylic acids is 1. The Morgan fingerprint density at radius 1 is 1.24 bits per heavy atom. The van der Waals surface area contributed by atoms with Gasteiger partial charge in [-0.25, -0.2) is 18.7 Å². The second-order valence-electron chi connectivity index (χ2n) is 4.18. The van der Waals surface area contributed by atoms with Crippen LogP contribution in [0, 0.1) is 5.82 Å². The van der Waals surface area contributed by atoms with Gasteiger partial charge in [-0.15, -0.1) is 0 Å². The zero-order valence-electron chi connectivity index (χ0n) is 10.2. The highest BCUT2D eigenvalue weighted by Crippen LogP contribution is 2.32. The van der Waals surface area contributed by atoms with Gasteiger partial charge in [0.1, 0.15) is 5.82 Å². The molecule has 2 aromatic heterocycles. The lowest BCUT2D eigenvalue weighted by Gasteiger charge is -2.07. The molecule has 8 heteroatoms. The van der Waals surface area contributed by atoms with Gasteiger partial charge in [-0.3, -0.25) is 0 Å². The van der Waals surface area contributed by atoms with Crippen LogP contribution in [-0.2, 0) is 0 Å². The Morgan fingerprint density at radius 2 is 2.00 bits per heavy atom. The van der Waals surface area contributed by atoms with Gasteiger partial charge >= 0.3 is 5.97 Å². The minimum atomic E-state index is -1.18. The van der Waals surface area contributed by atoms with Gasteiger partial charge in [-0.2, -0.15) is 5.10 Å². The van der Waals surface area contributed by atoms with Crippen molar-refractivity contribution in [2.45, 2.75) is 0 Å². The molecule has 0 saturated carbocycles. The second-order valence-corrected chi connectivity index (χ2v) is 5.00. The molecule has 0 fully saturated rings. The SMILES string of the molecule is O=C(O)c1cc2nccc(-c3cc(F)c(Cl)cc3Cl)n2n1. The average molecular weight is 326 g/mol. The van der Waals surface area contributed by atoms with Crippen LogP contribution in [0.25, 0.3) is 16.9 Å². The maximum Gasteiger partial charge on any atom is 0.356 e. The van der Waals surface area contributed by atoms with Gasteiger partial charge in [0.2, 0.25) is 0 Å². The molecule has 5 nitrogen and oxygen atoms in total. The number of halogens is 3. The third kappa shape index (κ3) is 2.32. The summed E-state index contributed by atoms with van der Waals surface area (Å²) in [4.78, 5) is 15.0. The van der Waals surface area contributed by atoms with Crippen LogP contribution in [0.1, 0.15) is 10.5 Å². The lowest BCUT2D eigenvalue weighted by molar-refractivity contribution is 0.0690. The molecule has 3 rings (SSSR count). The number of benzene rings is 1. The van der Waals surface area contributed by atoms with Gasteiger partial charge < -0.3 is 5.11 Å². The molecular formula is C13H6Cl2FN3O2. The predicted octanol–water partition coefficient (Wildman–Crippen LogP) is 3.54. The number of hydrogen-bond donors (Lipinski definition) is 1. The summed E-state index contributed by atoms with van der Waals surface area (Å²) in [5.41, 5.74) is 0.899. The summed E-state index contributed by atoms with van der Waals surface area (Å²) in [7, 11) is 0. The van der Waals surface area contributed by atoms with E-state index in [1.165, 1.54) is 28.9 Å². The van der Waals surface area contributed by atoms with Gasteiger partial charge in [0.15, 0.2) is 11.3 Å². The summed E-state index contributed by atoms with van der Waals surface area (Å²) in [6.45, 7) is 0. The zero-order chi connectivity index (χ0) is 15.1. The van der Waals surface area contributed by atoms with Crippen LogP contribution in [0.5, 0.6) is 0 Å². The fourth-order valence-corrected chi connectivity index (χ4v) is 2.40. The number of rotatable bonds is 2. The Kier molecular flexibility index (Phi) is 3.27. The molecule has 0 atom stereocenters. The van der Waals surface area contributed by atoms with E-state index in [9.17, 15) is 9.18 Å². The summed E-state index contributed by atoms with van der Waals surface area (Å²) < 4.78 is 14.9. The molecule has 106 valence electrons. The van der Waals surface area contributed by atoms with Gasteiger partial charge in [-0.05, 0) is 18.2 Å². The van der Waals surface area contributed by atoms with E-state index in [1.807, 2.05) is 0 Å². The van der Waals surface area contributed by atoms with Crippen LogP contribution >= 0.6 is 23.2 Å². The monoisotopic (exact) mass is 325 g/mol. The van der Waals surface area contributed by atoms with E-state index in [4.69, 9.17) is 28.3 Å². The second kappa shape index (κ2) is 4.98. The summed E-state index contributed by atoms with van der Waals surface area (Å²) in [6.07, 6.45) is 1.46. The Hall–Kier alpha value is -2.18. The molecule has 0 radical (unpaired) electrons. The van der Waals surface area contributed by atoms with Crippen LogP contribution in [0.15, 0.2) is 30.5 Å². The van der Waals surface area contributed by atoms with E-state index >= 15 is 0 Å². The number of carboxylic acids is 1. The summed E-state index contributed by atoms with van der Waals surface area (Å²) in [5, 5.41) is 13.0. The molecule has 2 heterocycles. The molecule has 0 amide bonds. The molecule has 1 N–H and O–H groups in total. The fourth-order valence-electron chi connectivity index (χ4n) is 1.92. The van der Waals surface area contributed by atoms with Crippen LogP contribution in [0.3, 0.4) is 0 Å². The first-order valence-corrected chi connectivity index (χ1v) is 6.46. The van der Waals surface area contributed by atoms with E-state index < -0.39 is 11.8 Å². The highest BCUT2D eigenvalue weighted by molar-refractivity contribution is 6.36. The van der Waals surface area contributed by atoms with Crippen molar-refractivity contribution in [2.24, 2.45) is 0 Å². The molecule has 0 bridgehead atoms. The highest BCUT2D eigenvalue weighted by Gasteiger charge is 2.16. The van der Waals surface area contributed by atoms with E-state index in [0.29, 0.717) is 16.9 Å². The van der Waals surface area contributed by atoms with Crippen molar-refractivity contribution in [1.29, 1.82) is 0 Å². The predicted molar refractivity (Wildman–Crippen MR) is 75.4 cm³/mol. The highest BCUT2D eigenvalue weighted by atomic mass is 35.5. The molecule has 0 aliphatic heterocycles. The van der Waals surface area contributed by atoms with Crippen molar-refractivity contribution >= 4 is 34.8 Å². The van der Waals surface area contributed by atoms with Crippen molar-refractivity contribution in [2.75, 3.05) is 0 Å². The number of carbonyl (C=O) groups is 1. The number of carboxylic acid groups (broad SMARTS) is 1. The van der Waals surface area contributed by atoms with Gasteiger partial charge in [0.05, 0.1) is 15.7 Å². The van der Waals surface area contributed by atoms with Gasteiger partial charge in [-0.1, -0.05) is 23.2 Å². The fraction of sp³-hybridized carbons (Fsp3) is 0. The summed E-state index contributed by atoms with van der Waals surface area (Å²) in [5.74, 6) is -1.81. The Balaban J connectivity index is 2.30. The quantitative estimate of drug-likeness (QED) is 0.732. The zero-order valence-corrected chi connectivity index (χ0v) is 11.7. The van der Waals surface area contributed by atoms with Crippen molar-refractivity contribution in [3.05, 3.63) is 52.0 Å². The Labute approximate surface area is 127 Å². The van der Waals surface area contributed by atoms with E-state index in [2.05, 4.69) is 10.1 Å². The van der Waals surface area contributed by atoms with Gasteiger partial charge in [0.25, 0.3) is 0 Å². The molecule has 0 aliphatic carbocycles. The van der Waals surface area contributed by atoms with Crippen LogP contribution < -0.4 is 0 Å². The maximum atomic E-state index is 13.6. The molecule has 0 aliphatic rings. The van der Waals surface area contributed by atoms with Gasteiger partial charge in [0, 0.05) is 17.8 Å². The normalized spacial score (nSPS) is 11.0. The number of aromatic nitrogens is 3. The minimum Gasteiger partial charge on any atom is -0.476 e. The smallest absolute Gasteiger partial charge is 0.356 e. The molecule has 1 aromatic carbocycles. The first-order chi connectivity index (χ1) is 9.97. The lowest BCUT2D eigenvalue weighted by Crippen LogP contribution is -2.00. The lowest BCUT2D eigenvalue weighted by atomic mass is 10.1. The Morgan fingerprint density at radius 3 is 2.71 bits per heavy atom. The van der Waals surface area contributed by atoms with E-state index in [0.717, 1.165) is 0 Å². The largest absolute Gasteiger partial charge is 0.476 e. The molecule has 0 spiro atoms. The standard InChI is InChI=1S/C13H6Cl2FN3O2/c14-7-4-8(15)9(16)3-6(7)11-1-2-17-12-5-10(13(20)21)18-19(11)12/h1-5H,(H,20,21). The van der Waals surface area contributed by atoms with Crippen molar-refractivity contribution in [3.8, 4) is 11.3 Å². The molecule has 3 aromatic rings. The van der Waals surface area contributed by atoms with Crippen molar-refractivity contribution in [3.63, 3.8) is 0 Å². The molecule has 0 unspecified atom stereocenters. The summed E-state index contributed by atoms with van der Waals surface area (Å²) in [6, 6.07) is 5.31. The Bertz CT molecular complexity index is 879. The summed E-state index contributed by atoms with van der Waals surface area (Å²) >= 11 is 11.7. The molecule has 0 saturated heterocycles. The third-order valence-corrected chi connectivity index (χ3v) is 3.47.